The Balaban J connectivity index is 3.11. The second-order valence-electron chi connectivity index (χ2n) is 3.23. The molecule has 0 aliphatic rings. The van der Waals surface area contributed by atoms with E-state index in [2.05, 4.69) is 0 Å². The fraction of sp³-hybridized carbons (Fsp3) is 0.200. The Morgan fingerprint density at radius 1 is 1.69 bits per heavy atom. The number of nitriles is 1. The van der Waals surface area contributed by atoms with Crippen LogP contribution in [0, 0.1) is 17.1 Å². The lowest BCUT2D eigenvalue weighted by Crippen LogP contribution is -2.35. The first-order valence-electron chi connectivity index (χ1n) is 4.36. The van der Waals surface area contributed by atoms with Gasteiger partial charge in [0.05, 0.1) is 22.8 Å². The predicted molar refractivity (Wildman–Crippen MR) is 58.3 cm³/mol. The third-order valence-corrected chi connectivity index (χ3v) is 2.17. The summed E-state index contributed by atoms with van der Waals surface area (Å²) in [6.07, 6.45) is 0. The zero-order valence-corrected chi connectivity index (χ0v) is 9.25. The summed E-state index contributed by atoms with van der Waals surface area (Å²) in [7, 11) is 0. The van der Waals surface area contributed by atoms with E-state index in [1.165, 1.54) is 13.0 Å². The van der Waals surface area contributed by atoms with Crippen molar-refractivity contribution in [1.29, 1.82) is 5.26 Å². The predicted octanol–water partition coefficient (Wildman–Crippen LogP) is 1.62. The van der Waals surface area contributed by atoms with Crippen molar-refractivity contribution in [2.24, 2.45) is 5.84 Å². The third kappa shape index (κ3) is 2.69. The van der Waals surface area contributed by atoms with Crippen molar-refractivity contribution in [1.82, 2.24) is 0 Å². The van der Waals surface area contributed by atoms with Crippen LogP contribution in [0.1, 0.15) is 12.5 Å². The molecular formula is C10H9ClFN3O. The van der Waals surface area contributed by atoms with E-state index in [1.54, 1.807) is 6.07 Å². The lowest BCUT2D eigenvalue weighted by molar-refractivity contribution is -0.115. The normalized spacial score (nSPS) is 9.69. The Morgan fingerprint density at radius 2 is 2.31 bits per heavy atom. The summed E-state index contributed by atoms with van der Waals surface area (Å²) in [5.41, 5.74) is 0.0124. The van der Waals surface area contributed by atoms with E-state index in [9.17, 15) is 9.18 Å². The van der Waals surface area contributed by atoms with Gasteiger partial charge in [0.25, 0.3) is 0 Å². The zero-order chi connectivity index (χ0) is 12.3. The van der Waals surface area contributed by atoms with E-state index in [0.717, 1.165) is 11.1 Å². The highest BCUT2D eigenvalue weighted by atomic mass is 35.5. The van der Waals surface area contributed by atoms with Crippen LogP contribution < -0.4 is 10.9 Å². The quantitative estimate of drug-likeness (QED) is 0.645. The van der Waals surface area contributed by atoms with Gasteiger partial charge >= 0.3 is 0 Å². The van der Waals surface area contributed by atoms with E-state index in [1.807, 2.05) is 0 Å². The largest absolute Gasteiger partial charge is 0.301 e. The number of hydrogen-bond donors (Lipinski definition) is 1. The summed E-state index contributed by atoms with van der Waals surface area (Å²) >= 11 is 5.73. The van der Waals surface area contributed by atoms with E-state index in [4.69, 9.17) is 22.7 Å². The number of anilines is 1. The molecule has 0 spiro atoms. The van der Waals surface area contributed by atoms with Crippen molar-refractivity contribution in [3.8, 4) is 6.07 Å². The van der Waals surface area contributed by atoms with Crippen LogP contribution in [0.3, 0.4) is 0 Å². The summed E-state index contributed by atoms with van der Waals surface area (Å²) < 4.78 is 13.5. The number of nitrogens with zero attached hydrogens (tertiary/aromatic N) is 2. The van der Waals surface area contributed by atoms with E-state index < -0.39 is 5.82 Å². The van der Waals surface area contributed by atoms with Crippen LogP contribution in [0.15, 0.2) is 12.1 Å². The molecule has 0 saturated carbocycles. The van der Waals surface area contributed by atoms with Gasteiger partial charge in [-0.05, 0) is 19.1 Å². The van der Waals surface area contributed by atoms with Crippen molar-refractivity contribution < 1.29 is 9.18 Å². The minimum Gasteiger partial charge on any atom is -0.301 e. The SMILES string of the molecule is CC(=O)CN(N)c1cc(Cl)c(C#N)cc1F. The average molecular weight is 242 g/mol. The molecular weight excluding hydrogens is 233 g/mol. The molecule has 0 atom stereocenters. The van der Waals surface area contributed by atoms with Crippen LogP contribution >= 0.6 is 11.6 Å². The van der Waals surface area contributed by atoms with Crippen LogP contribution in [-0.2, 0) is 4.79 Å². The average Bonchev–Trinajstić information content (AvgIpc) is 2.19. The highest BCUT2D eigenvalue weighted by Crippen LogP contribution is 2.25. The number of halogens is 2. The van der Waals surface area contributed by atoms with Gasteiger partial charge in [-0.1, -0.05) is 11.6 Å². The number of carbonyl (C=O) groups excluding carboxylic acids is 1. The second-order valence-corrected chi connectivity index (χ2v) is 3.63. The summed E-state index contributed by atoms with van der Waals surface area (Å²) in [6, 6.07) is 3.95. The highest BCUT2D eigenvalue weighted by Gasteiger charge is 2.13. The standard InChI is InChI=1S/C10H9ClFN3O/c1-6(16)5-15(14)10-3-8(11)7(4-13)2-9(10)12/h2-3H,5,14H2,1H3. The number of nitrogens with two attached hydrogens (primary N) is 1. The molecule has 1 rings (SSSR count). The summed E-state index contributed by atoms with van der Waals surface area (Å²) in [4.78, 5) is 10.8. The zero-order valence-electron chi connectivity index (χ0n) is 8.50. The molecule has 0 fully saturated rings. The smallest absolute Gasteiger partial charge is 0.150 e. The molecule has 6 heteroatoms. The molecule has 0 heterocycles. The number of benzene rings is 1. The molecule has 0 aromatic heterocycles. The lowest BCUT2D eigenvalue weighted by atomic mass is 10.2. The van der Waals surface area contributed by atoms with Gasteiger partial charge in [0.15, 0.2) is 5.78 Å². The molecule has 0 aliphatic heterocycles. The molecule has 2 N–H and O–H groups in total. The molecule has 0 bridgehead atoms. The van der Waals surface area contributed by atoms with Crippen LogP contribution in [0.25, 0.3) is 0 Å². The van der Waals surface area contributed by atoms with Crippen molar-refractivity contribution in [2.45, 2.75) is 6.92 Å². The Kier molecular flexibility index (Phi) is 3.82. The van der Waals surface area contributed by atoms with E-state index in [0.29, 0.717) is 0 Å². The van der Waals surface area contributed by atoms with Crippen LogP contribution in [0.4, 0.5) is 10.1 Å². The summed E-state index contributed by atoms with van der Waals surface area (Å²) in [5, 5.41) is 9.66. The summed E-state index contributed by atoms with van der Waals surface area (Å²) in [5.74, 6) is 4.59. The van der Waals surface area contributed by atoms with Gasteiger partial charge in [-0.2, -0.15) is 5.26 Å². The van der Waals surface area contributed by atoms with Crippen LogP contribution in [0.2, 0.25) is 5.02 Å². The maximum atomic E-state index is 13.5. The fourth-order valence-electron chi connectivity index (χ4n) is 1.17. The van der Waals surface area contributed by atoms with Gasteiger partial charge in [0.1, 0.15) is 11.9 Å². The molecule has 0 aliphatic carbocycles. The molecule has 16 heavy (non-hydrogen) atoms. The Hall–Kier alpha value is -1.64. The number of rotatable bonds is 3. The van der Waals surface area contributed by atoms with Crippen molar-refractivity contribution >= 4 is 23.1 Å². The molecule has 1 aromatic rings. The topological polar surface area (TPSA) is 70.1 Å². The molecule has 0 unspecified atom stereocenters. The van der Waals surface area contributed by atoms with Gasteiger partial charge in [-0.25, -0.2) is 10.2 Å². The third-order valence-electron chi connectivity index (χ3n) is 1.86. The Labute approximate surface area is 97.0 Å². The van der Waals surface area contributed by atoms with Gasteiger partial charge in [0, 0.05) is 0 Å². The van der Waals surface area contributed by atoms with Crippen molar-refractivity contribution in [2.75, 3.05) is 11.6 Å². The molecule has 0 amide bonds. The maximum Gasteiger partial charge on any atom is 0.150 e. The molecule has 0 radical (unpaired) electrons. The molecule has 84 valence electrons. The monoisotopic (exact) mass is 241 g/mol. The minimum absolute atomic E-state index is 0.0146. The number of ketones is 1. The number of carbonyl (C=O) groups is 1. The first kappa shape index (κ1) is 12.4. The molecule has 4 nitrogen and oxygen atoms in total. The number of hydrogen-bond acceptors (Lipinski definition) is 4. The number of Topliss-reactive ketones (excluding diaryl/α,β-unsaturated/α-hetero) is 1. The first-order chi connectivity index (χ1) is 7.45. The first-order valence-corrected chi connectivity index (χ1v) is 4.74. The fourth-order valence-corrected chi connectivity index (χ4v) is 1.37. The number of hydrazine groups is 1. The van der Waals surface area contributed by atoms with E-state index in [-0.39, 0.29) is 28.6 Å². The lowest BCUT2D eigenvalue weighted by Gasteiger charge is -2.18. The van der Waals surface area contributed by atoms with Crippen molar-refractivity contribution in [3.63, 3.8) is 0 Å². The molecule has 0 saturated heterocycles. The van der Waals surface area contributed by atoms with Gasteiger partial charge in [-0.15, -0.1) is 0 Å². The minimum atomic E-state index is -0.690. The van der Waals surface area contributed by atoms with Gasteiger partial charge in [-0.3, -0.25) is 4.79 Å². The van der Waals surface area contributed by atoms with E-state index >= 15 is 0 Å². The van der Waals surface area contributed by atoms with Gasteiger partial charge in [0.2, 0.25) is 0 Å². The molecule has 1 aromatic carbocycles. The highest BCUT2D eigenvalue weighted by molar-refractivity contribution is 6.32. The Morgan fingerprint density at radius 3 is 2.81 bits per heavy atom. The van der Waals surface area contributed by atoms with Crippen LogP contribution in [0.5, 0.6) is 0 Å². The second kappa shape index (κ2) is 4.92. The maximum absolute atomic E-state index is 13.5. The van der Waals surface area contributed by atoms with Crippen LogP contribution in [-0.4, -0.2) is 12.3 Å². The summed E-state index contributed by atoms with van der Waals surface area (Å²) in [6.45, 7) is 1.21. The van der Waals surface area contributed by atoms with Crippen molar-refractivity contribution in [3.05, 3.63) is 28.5 Å². The Bertz CT molecular complexity index is 470. The van der Waals surface area contributed by atoms with Gasteiger partial charge < -0.3 is 5.01 Å².